The Hall–Kier alpha value is -0.640. The van der Waals surface area contributed by atoms with E-state index < -0.39 is 5.41 Å². The van der Waals surface area contributed by atoms with Crippen LogP contribution in [0, 0.1) is 11.3 Å². The summed E-state index contributed by atoms with van der Waals surface area (Å²) in [6.45, 7) is 7.95. The van der Waals surface area contributed by atoms with Crippen molar-refractivity contribution in [2.75, 3.05) is 13.1 Å². The summed E-state index contributed by atoms with van der Waals surface area (Å²) in [5.74, 6) is 0.815. The Kier molecular flexibility index (Phi) is 5.57. The Morgan fingerprint density at radius 2 is 2.00 bits per heavy atom. The van der Waals surface area contributed by atoms with Crippen LogP contribution >= 0.6 is 12.2 Å². The van der Waals surface area contributed by atoms with Gasteiger partial charge in [0.15, 0.2) is 0 Å². The maximum absolute atomic E-state index is 12.7. The first-order valence-electron chi connectivity index (χ1n) is 7.11. The zero-order valence-electron chi connectivity index (χ0n) is 11.9. The van der Waals surface area contributed by atoms with E-state index in [1.54, 1.807) is 0 Å². The van der Waals surface area contributed by atoms with Crippen LogP contribution in [0.15, 0.2) is 0 Å². The summed E-state index contributed by atoms with van der Waals surface area (Å²) < 4.78 is 0. The van der Waals surface area contributed by atoms with Gasteiger partial charge in [0.2, 0.25) is 5.91 Å². The van der Waals surface area contributed by atoms with Gasteiger partial charge in [0.25, 0.3) is 0 Å². The molecule has 1 aliphatic rings. The first-order valence-corrected chi connectivity index (χ1v) is 7.51. The molecule has 1 unspecified atom stereocenters. The summed E-state index contributed by atoms with van der Waals surface area (Å²) in [5, 5.41) is 0. The van der Waals surface area contributed by atoms with E-state index in [-0.39, 0.29) is 5.91 Å². The molecule has 0 aromatic rings. The van der Waals surface area contributed by atoms with E-state index >= 15 is 0 Å². The maximum Gasteiger partial charge on any atom is 0.235 e. The molecular weight excluding hydrogens is 244 g/mol. The van der Waals surface area contributed by atoms with Crippen LogP contribution in [0.3, 0.4) is 0 Å². The number of hydrogen-bond donors (Lipinski definition) is 1. The van der Waals surface area contributed by atoms with Crippen molar-refractivity contribution in [1.29, 1.82) is 0 Å². The number of carbonyl (C=O) groups excluding carboxylic acids is 1. The molecule has 0 aliphatic carbocycles. The van der Waals surface area contributed by atoms with E-state index in [2.05, 4.69) is 6.92 Å². The normalized spacial score (nSPS) is 20.2. The number of amides is 1. The molecule has 0 bridgehead atoms. The summed E-state index contributed by atoms with van der Waals surface area (Å²) in [6, 6.07) is 0. The molecule has 4 heteroatoms. The van der Waals surface area contributed by atoms with E-state index in [9.17, 15) is 4.79 Å². The highest BCUT2D eigenvalue weighted by Crippen LogP contribution is 2.32. The third-order valence-corrected chi connectivity index (χ3v) is 4.75. The Bertz CT molecular complexity index is 313. The number of hydrogen-bond acceptors (Lipinski definition) is 2. The molecule has 18 heavy (non-hydrogen) atoms. The largest absolute Gasteiger partial charge is 0.392 e. The fourth-order valence-corrected chi connectivity index (χ4v) is 3.35. The lowest BCUT2D eigenvalue weighted by atomic mass is 9.80. The van der Waals surface area contributed by atoms with Crippen LogP contribution in [0.25, 0.3) is 0 Å². The molecule has 1 aliphatic heterocycles. The molecule has 1 atom stereocenters. The topological polar surface area (TPSA) is 46.3 Å². The summed E-state index contributed by atoms with van der Waals surface area (Å²) >= 11 is 5.15. The van der Waals surface area contributed by atoms with Gasteiger partial charge in [0.05, 0.1) is 10.4 Å². The molecule has 0 aromatic carbocycles. The van der Waals surface area contributed by atoms with Gasteiger partial charge in [-0.25, -0.2) is 0 Å². The van der Waals surface area contributed by atoms with E-state index in [1.807, 2.05) is 18.7 Å². The minimum atomic E-state index is -0.615. The molecular formula is C14H26N2OS. The lowest BCUT2D eigenvalue weighted by molar-refractivity contribution is -0.137. The second-order valence-electron chi connectivity index (χ2n) is 5.35. The zero-order chi connectivity index (χ0) is 13.8. The van der Waals surface area contributed by atoms with E-state index in [1.165, 1.54) is 12.8 Å². The van der Waals surface area contributed by atoms with Crippen LogP contribution in [0.5, 0.6) is 0 Å². The van der Waals surface area contributed by atoms with E-state index in [0.29, 0.717) is 23.7 Å². The Morgan fingerprint density at radius 3 is 2.44 bits per heavy atom. The molecule has 3 nitrogen and oxygen atoms in total. The van der Waals surface area contributed by atoms with Gasteiger partial charge in [0, 0.05) is 13.1 Å². The van der Waals surface area contributed by atoms with Gasteiger partial charge in [-0.1, -0.05) is 39.4 Å². The third kappa shape index (κ3) is 2.85. The quantitative estimate of drug-likeness (QED) is 0.755. The maximum atomic E-state index is 12.7. The second-order valence-corrected chi connectivity index (χ2v) is 5.79. The van der Waals surface area contributed by atoms with Gasteiger partial charge >= 0.3 is 0 Å². The standard InChI is InChI=1S/C14H26N2OS/c1-4-7-11-8-9-16(10-11)13(17)14(5-2,6-3)12(15)18/h11H,4-10H2,1-3H3,(H2,15,18). The minimum absolute atomic E-state index is 0.151. The monoisotopic (exact) mass is 270 g/mol. The van der Waals surface area contributed by atoms with Crippen LogP contribution < -0.4 is 5.73 Å². The number of nitrogens with zero attached hydrogens (tertiary/aromatic N) is 1. The smallest absolute Gasteiger partial charge is 0.235 e. The second kappa shape index (κ2) is 6.50. The molecule has 104 valence electrons. The molecule has 0 spiro atoms. The summed E-state index contributed by atoms with van der Waals surface area (Å²) in [4.78, 5) is 15.0. The van der Waals surface area contributed by atoms with Crippen LogP contribution in [0.2, 0.25) is 0 Å². The molecule has 1 amide bonds. The Morgan fingerprint density at radius 1 is 1.39 bits per heavy atom. The fraction of sp³-hybridized carbons (Fsp3) is 0.857. The van der Waals surface area contributed by atoms with E-state index in [4.69, 9.17) is 18.0 Å². The average molecular weight is 270 g/mol. The highest BCUT2D eigenvalue weighted by molar-refractivity contribution is 7.80. The number of likely N-dealkylation sites (tertiary alicyclic amines) is 1. The highest BCUT2D eigenvalue weighted by Gasteiger charge is 2.42. The van der Waals surface area contributed by atoms with Crippen molar-refractivity contribution in [3.05, 3.63) is 0 Å². The SMILES string of the molecule is CCCC1CCN(C(=O)C(CC)(CC)C(N)=S)C1. The molecule has 1 fully saturated rings. The number of rotatable bonds is 6. The first kappa shape index (κ1) is 15.4. The third-order valence-electron chi connectivity index (χ3n) is 4.36. The Balaban J connectivity index is 2.77. The molecule has 0 saturated carbocycles. The van der Waals surface area contributed by atoms with Crippen molar-refractivity contribution >= 4 is 23.1 Å². The van der Waals surface area contributed by atoms with Gasteiger partial charge in [0.1, 0.15) is 0 Å². The first-order chi connectivity index (χ1) is 8.51. The van der Waals surface area contributed by atoms with Crippen LogP contribution in [0.1, 0.15) is 52.9 Å². The molecule has 0 radical (unpaired) electrons. The summed E-state index contributed by atoms with van der Waals surface area (Å²) in [6.07, 6.45) is 4.93. The summed E-state index contributed by atoms with van der Waals surface area (Å²) in [5.41, 5.74) is 5.22. The van der Waals surface area contributed by atoms with Crippen molar-refractivity contribution in [2.45, 2.75) is 52.9 Å². The van der Waals surface area contributed by atoms with Gasteiger partial charge in [-0.2, -0.15) is 0 Å². The molecule has 1 heterocycles. The van der Waals surface area contributed by atoms with Gasteiger partial charge in [-0.15, -0.1) is 0 Å². The lowest BCUT2D eigenvalue weighted by Gasteiger charge is -2.33. The Labute approximate surface area is 116 Å². The van der Waals surface area contributed by atoms with Crippen LogP contribution in [-0.2, 0) is 4.79 Å². The van der Waals surface area contributed by atoms with E-state index in [0.717, 1.165) is 19.5 Å². The number of nitrogens with two attached hydrogens (primary N) is 1. The van der Waals surface area contributed by atoms with Crippen LogP contribution in [-0.4, -0.2) is 28.9 Å². The van der Waals surface area contributed by atoms with Crippen molar-refractivity contribution in [3.8, 4) is 0 Å². The molecule has 1 rings (SSSR count). The predicted octanol–water partition coefficient (Wildman–Crippen LogP) is 2.73. The summed E-state index contributed by atoms with van der Waals surface area (Å²) in [7, 11) is 0. The van der Waals surface area contributed by atoms with Crippen molar-refractivity contribution in [1.82, 2.24) is 4.90 Å². The van der Waals surface area contributed by atoms with Crippen molar-refractivity contribution in [2.24, 2.45) is 17.1 Å². The molecule has 1 saturated heterocycles. The van der Waals surface area contributed by atoms with Gasteiger partial charge < -0.3 is 10.6 Å². The highest BCUT2D eigenvalue weighted by atomic mass is 32.1. The van der Waals surface area contributed by atoms with Crippen molar-refractivity contribution in [3.63, 3.8) is 0 Å². The number of thiocarbonyl (C=S) groups is 1. The average Bonchev–Trinajstić information content (AvgIpc) is 2.80. The van der Waals surface area contributed by atoms with Gasteiger partial charge in [-0.3, -0.25) is 4.79 Å². The lowest BCUT2D eigenvalue weighted by Crippen LogP contribution is -2.49. The number of carbonyl (C=O) groups is 1. The minimum Gasteiger partial charge on any atom is -0.392 e. The molecule has 0 aromatic heterocycles. The molecule has 2 N–H and O–H groups in total. The van der Waals surface area contributed by atoms with Crippen molar-refractivity contribution < 1.29 is 4.79 Å². The predicted molar refractivity (Wildman–Crippen MR) is 79.4 cm³/mol. The fourth-order valence-electron chi connectivity index (χ4n) is 2.97. The van der Waals surface area contributed by atoms with Crippen LogP contribution in [0.4, 0.5) is 0 Å². The van der Waals surface area contributed by atoms with Gasteiger partial charge in [-0.05, 0) is 31.6 Å². The zero-order valence-corrected chi connectivity index (χ0v) is 12.7.